The lowest BCUT2D eigenvalue weighted by atomic mass is 10.2. The van der Waals surface area contributed by atoms with Crippen molar-refractivity contribution in [3.63, 3.8) is 0 Å². The molecule has 0 amide bonds. The third kappa shape index (κ3) is 7.58. The highest BCUT2D eigenvalue weighted by Crippen LogP contribution is 2.26. The lowest BCUT2D eigenvalue weighted by molar-refractivity contribution is -0.384. The number of halogens is 4. The molecule has 0 bridgehead atoms. The second-order valence-electron chi connectivity index (χ2n) is 5.36. The van der Waals surface area contributed by atoms with Gasteiger partial charge in [0, 0.05) is 37.8 Å². The lowest BCUT2D eigenvalue weighted by Gasteiger charge is -2.15. The normalized spacial score (nSPS) is 11.4. The molecule has 0 heterocycles. The highest BCUT2D eigenvalue weighted by molar-refractivity contribution is 14.0. The standard InChI is InChI=1S/C17H17F3N4O3.HI/c1-21-16(22-10-12-5-4-7-14(9-12)24(25)26)23-11-13-6-2-3-8-15(13)27-17(18,19)20;/h2-9H,10-11H2,1H3,(H2,21,22,23);1H. The zero-order valence-corrected chi connectivity index (χ0v) is 17.0. The summed E-state index contributed by atoms with van der Waals surface area (Å²) in [6.07, 6.45) is -4.78. The van der Waals surface area contributed by atoms with Crippen molar-refractivity contribution in [2.75, 3.05) is 7.05 Å². The molecule has 0 aliphatic rings. The van der Waals surface area contributed by atoms with Gasteiger partial charge in [-0.15, -0.1) is 37.1 Å². The fourth-order valence-electron chi connectivity index (χ4n) is 2.24. The SMILES string of the molecule is CN=C(NCc1cccc([N+](=O)[O-])c1)NCc1ccccc1OC(F)(F)F.I. The largest absolute Gasteiger partial charge is 0.573 e. The molecular formula is C17H18F3IN4O3. The van der Waals surface area contributed by atoms with Crippen LogP contribution in [0.3, 0.4) is 0 Å². The second-order valence-corrected chi connectivity index (χ2v) is 5.36. The van der Waals surface area contributed by atoms with Crippen molar-refractivity contribution in [3.05, 3.63) is 69.8 Å². The van der Waals surface area contributed by atoms with Crippen molar-refractivity contribution in [1.82, 2.24) is 10.6 Å². The monoisotopic (exact) mass is 510 g/mol. The molecule has 0 aliphatic carbocycles. The van der Waals surface area contributed by atoms with E-state index in [1.807, 2.05) is 0 Å². The second kappa shape index (κ2) is 10.7. The van der Waals surface area contributed by atoms with Gasteiger partial charge in [-0.1, -0.05) is 30.3 Å². The van der Waals surface area contributed by atoms with Crippen LogP contribution in [0.2, 0.25) is 0 Å². The number of benzene rings is 2. The number of guanidine groups is 1. The molecule has 0 aliphatic heterocycles. The number of hydrogen-bond donors (Lipinski definition) is 2. The molecule has 11 heteroatoms. The van der Waals surface area contributed by atoms with Gasteiger partial charge in [-0.2, -0.15) is 0 Å². The Balaban J connectivity index is 0.00000392. The molecule has 0 atom stereocenters. The van der Waals surface area contributed by atoms with Crippen molar-refractivity contribution in [2.45, 2.75) is 19.5 Å². The maximum atomic E-state index is 12.5. The van der Waals surface area contributed by atoms with Crippen molar-refractivity contribution in [1.29, 1.82) is 0 Å². The number of aliphatic imine (C=N–C) groups is 1. The van der Waals surface area contributed by atoms with Crippen LogP contribution < -0.4 is 15.4 Å². The van der Waals surface area contributed by atoms with Gasteiger partial charge in [0.05, 0.1) is 4.92 Å². The third-order valence-electron chi connectivity index (χ3n) is 3.45. The summed E-state index contributed by atoms with van der Waals surface area (Å²) < 4.78 is 41.4. The average Bonchev–Trinajstić information content (AvgIpc) is 2.62. The van der Waals surface area contributed by atoms with Gasteiger partial charge in [0.1, 0.15) is 5.75 Å². The van der Waals surface area contributed by atoms with Crippen LogP contribution in [0.1, 0.15) is 11.1 Å². The molecule has 28 heavy (non-hydrogen) atoms. The number of nitrogens with one attached hydrogen (secondary N) is 2. The van der Waals surface area contributed by atoms with Gasteiger partial charge >= 0.3 is 6.36 Å². The Morgan fingerprint density at radius 1 is 1.14 bits per heavy atom. The first kappa shape index (κ1) is 23.5. The van der Waals surface area contributed by atoms with Gasteiger partial charge in [-0.05, 0) is 11.6 Å². The van der Waals surface area contributed by atoms with Gasteiger partial charge in [-0.25, -0.2) is 0 Å². The van der Waals surface area contributed by atoms with Gasteiger partial charge in [0.2, 0.25) is 0 Å². The highest BCUT2D eigenvalue weighted by Gasteiger charge is 2.31. The molecule has 2 aromatic rings. The number of rotatable bonds is 6. The molecular weight excluding hydrogens is 492 g/mol. The lowest BCUT2D eigenvalue weighted by Crippen LogP contribution is -2.36. The van der Waals surface area contributed by atoms with Crippen molar-refractivity contribution >= 4 is 35.6 Å². The molecule has 0 saturated heterocycles. The van der Waals surface area contributed by atoms with Gasteiger partial charge in [-0.3, -0.25) is 15.1 Å². The first-order valence-electron chi connectivity index (χ1n) is 7.80. The van der Waals surface area contributed by atoms with E-state index in [4.69, 9.17) is 0 Å². The van der Waals surface area contributed by atoms with Crippen LogP contribution >= 0.6 is 24.0 Å². The molecule has 152 valence electrons. The topological polar surface area (TPSA) is 88.8 Å². The molecule has 2 N–H and O–H groups in total. The van der Waals surface area contributed by atoms with Crippen LogP contribution in [0.25, 0.3) is 0 Å². The van der Waals surface area contributed by atoms with Crippen molar-refractivity contribution < 1.29 is 22.8 Å². The van der Waals surface area contributed by atoms with Gasteiger partial charge < -0.3 is 15.4 Å². The number of nitrogens with zero attached hydrogens (tertiary/aromatic N) is 2. The Morgan fingerprint density at radius 3 is 2.46 bits per heavy atom. The van der Waals surface area contributed by atoms with E-state index in [9.17, 15) is 23.3 Å². The van der Waals surface area contributed by atoms with Gasteiger partial charge in [0.15, 0.2) is 5.96 Å². The highest BCUT2D eigenvalue weighted by atomic mass is 127. The fraction of sp³-hybridized carbons (Fsp3) is 0.235. The number of para-hydroxylation sites is 1. The summed E-state index contributed by atoms with van der Waals surface area (Å²) in [4.78, 5) is 14.3. The van der Waals surface area contributed by atoms with Crippen molar-refractivity contribution in [3.8, 4) is 5.75 Å². The minimum Gasteiger partial charge on any atom is -0.405 e. The van der Waals surface area contributed by atoms with Crippen LogP contribution in [0.5, 0.6) is 5.75 Å². The predicted molar refractivity (Wildman–Crippen MR) is 109 cm³/mol. The Hall–Kier alpha value is -2.57. The molecule has 2 aromatic carbocycles. The minimum atomic E-state index is -4.78. The smallest absolute Gasteiger partial charge is 0.405 e. The van der Waals surface area contributed by atoms with E-state index < -0.39 is 11.3 Å². The number of ether oxygens (including phenoxy) is 1. The summed E-state index contributed by atoms with van der Waals surface area (Å²) in [6, 6.07) is 11.8. The van der Waals surface area contributed by atoms with Crippen LogP contribution in [0, 0.1) is 10.1 Å². The van der Waals surface area contributed by atoms with Crippen LogP contribution in [-0.2, 0) is 13.1 Å². The molecule has 0 unspecified atom stereocenters. The van der Waals surface area contributed by atoms with E-state index in [-0.39, 0.29) is 48.5 Å². The predicted octanol–water partition coefficient (Wildman–Crippen LogP) is 3.98. The molecule has 0 saturated carbocycles. The van der Waals surface area contributed by atoms with E-state index in [2.05, 4.69) is 20.4 Å². The quantitative estimate of drug-likeness (QED) is 0.202. The number of alkyl halides is 3. The van der Waals surface area contributed by atoms with E-state index in [1.165, 1.54) is 37.4 Å². The molecule has 7 nitrogen and oxygen atoms in total. The van der Waals surface area contributed by atoms with E-state index >= 15 is 0 Å². The fourth-order valence-corrected chi connectivity index (χ4v) is 2.24. The number of nitro benzene ring substituents is 1. The average molecular weight is 510 g/mol. The Kier molecular flexibility index (Phi) is 8.96. The first-order chi connectivity index (χ1) is 12.8. The zero-order chi connectivity index (χ0) is 19.9. The minimum absolute atomic E-state index is 0. The molecule has 0 aromatic heterocycles. The van der Waals surface area contributed by atoms with E-state index in [1.54, 1.807) is 18.2 Å². The maximum Gasteiger partial charge on any atom is 0.573 e. The first-order valence-corrected chi connectivity index (χ1v) is 7.80. The summed E-state index contributed by atoms with van der Waals surface area (Å²) in [5.74, 6) is 0.0231. The summed E-state index contributed by atoms with van der Waals surface area (Å²) in [7, 11) is 1.50. The van der Waals surface area contributed by atoms with E-state index in [0.29, 0.717) is 17.1 Å². The molecule has 2 rings (SSSR count). The molecule has 0 fully saturated rings. The Bertz CT molecular complexity index is 831. The van der Waals surface area contributed by atoms with Crippen LogP contribution in [0.15, 0.2) is 53.5 Å². The van der Waals surface area contributed by atoms with Crippen molar-refractivity contribution in [2.24, 2.45) is 4.99 Å². The Morgan fingerprint density at radius 2 is 1.82 bits per heavy atom. The summed E-state index contributed by atoms with van der Waals surface area (Å²) in [5, 5.41) is 16.6. The number of nitro groups is 1. The maximum absolute atomic E-state index is 12.5. The summed E-state index contributed by atoms with van der Waals surface area (Å²) >= 11 is 0. The molecule has 0 spiro atoms. The summed E-state index contributed by atoms with van der Waals surface area (Å²) in [6.45, 7) is 0.295. The van der Waals surface area contributed by atoms with Crippen LogP contribution in [-0.4, -0.2) is 24.3 Å². The Labute approximate surface area is 176 Å². The number of non-ortho nitro benzene ring substituents is 1. The van der Waals surface area contributed by atoms with Crippen LogP contribution in [0.4, 0.5) is 18.9 Å². The number of hydrogen-bond acceptors (Lipinski definition) is 4. The molecule has 0 radical (unpaired) electrons. The van der Waals surface area contributed by atoms with Gasteiger partial charge in [0.25, 0.3) is 5.69 Å². The zero-order valence-electron chi connectivity index (χ0n) is 14.7. The third-order valence-corrected chi connectivity index (χ3v) is 3.45. The summed E-state index contributed by atoms with van der Waals surface area (Å²) in [5.41, 5.74) is 0.927. The van der Waals surface area contributed by atoms with E-state index in [0.717, 1.165) is 0 Å².